The molecule has 5 heteroatoms. The Kier molecular flexibility index (Phi) is 4.58. The molecular weight excluding hydrogens is 240 g/mol. The second-order valence-corrected chi connectivity index (χ2v) is 5.78. The molecule has 0 aliphatic carbocycles. The van der Waals surface area contributed by atoms with Gasteiger partial charge in [-0.1, -0.05) is 0 Å². The van der Waals surface area contributed by atoms with Gasteiger partial charge in [-0.25, -0.2) is 4.98 Å². The van der Waals surface area contributed by atoms with Gasteiger partial charge in [-0.3, -0.25) is 9.69 Å². The summed E-state index contributed by atoms with van der Waals surface area (Å²) in [7, 11) is 2.11. The highest BCUT2D eigenvalue weighted by atomic mass is 16.2. The summed E-state index contributed by atoms with van der Waals surface area (Å²) in [5.74, 6) is 1.87. The van der Waals surface area contributed by atoms with Gasteiger partial charge < -0.3 is 9.88 Å². The van der Waals surface area contributed by atoms with Crippen molar-refractivity contribution in [3.63, 3.8) is 0 Å². The van der Waals surface area contributed by atoms with Crippen molar-refractivity contribution < 1.29 is 4.79 Å². The number of piperidine rings is 1. The lowest BCUT2D eigenvalue weighted by Gasteiger charge is -2.36. The maximum absolute atomic E-state index is 11.8. The van der Waals surface area contributed by atoms with E-state index in [0.29, 0.717) is 24.3 Å². The number of imidazole rings is 1. The number of carbonyl (C=O) groups excluding carboxylic acids is 1. The maximum atomic E-state index is 11.8. The Morgan fingerprint density at radius 3 is 3.00 bits per heavy atom. The van der Waals surface area contributed by atoms with E-state index < -0.39 is 0 Å². The van der Waals surface area contributed by atoms with Crippen molar-refractivity contribution in [2.75, 3.05) is 20.1 Å². The molecule has 0 bridgehead atoms. The van der Waals surface area contributed by atoms with Crippen LogP contribution in [0.5, 0.6) is 0 Å². The fourth-order valence-electron chi connectivity index (χ4n) is 2.74. The van der Waals surface area contributed by atoms with Crippen molar-refractivity contribution in [1.82, 2.24) is 19.8 Å². The third-order valence-electron chi connectivity index (χ3n) is 3.71. The van der Waals surface area contributed by atoms with E-state index in [1.165, 1.54) is 0 Å². The Morgan fingerprint density at radius 1 is 1.58 bits per heavy atom. The van der Waals surface area contributed by atoms with Gasteiger partial charge in [0.25, 0.3) is 0 Å². The van der Waals surface area contributed by atoms with Gasteiger partial charge in [-0.05, 0) is 33.2 Å². The molecule has 2 heterocycles. The molecule has 1 N–H and O–H groups in total. The van der Waals surface area contributed by atoms with E-state index in [1.54, 1.807) is 6.20 Å². The number of hydrogen-bond donors (Lipinski definition) is 1. The van der Waals surface area contributed by atoms with E-state index >= 15 is 0 Å². The molecule has 0 aromatic carbocycles. The summed E-state index contributed by atoms with van der Waals surface area (Å²) >= 11 is 0. The summed E-state index contributed by atoms with van der Waals surface area (Å²) in [6, 6.07) is 0.311. The highest BCUT2D eigenvalue weighted by molar-refractivity contribution is 5.77. The minimum Gasteiger partial charge on any atom is -0.348 e. The van der Waals surface area contributed by atoms with Gasteiger partial charge in [0, 0.05) is 37.9 Å². The van der Waals surface area contributed by atoms with Gasteiger partial charge in [0.05, 0.1) is 6.54 Å². The van der Waals surface area contributed by atoms with Crippen molar-refractivity contribution in [2.45, 2.75) is 39.3 Å². The Hall–Kier alpha value is -1.36. The van der Waals surface area contributed by atoms with Crippen molar-refractivity contribution >= 4 is 5.91 Å². The fraction of sp³-hybridized carbons (Fsp3) is 0.714. The third-order valence-corrected chi connectivity index (χ3v) is 3.71. The molecule has 1 aromatic rings. The summed E-state index contributed by atoms with van der Waals surface area (Å²) in [4.78, 5) is 23.5. The Bertz CT molecular complexity index is 402. The van der Waals surface area contributed by atoms with Crippen LogP contribution in [0.1, 0.15) is 32.5 Å². The molecular formula is C14H24N4O. The first-order valence-corrected chi connectivity index (χ1v) is 7.02. The number of H-pyrrole nitrogens is 1. The molecule has 1 saturated heterocycles. The van der Waals surface area contributed by atoms with E-state index in [0.717, 1.165) is 31.9 Å². The van der Waals surface area contributed by atoms with E-state index in [-0.39, 0.29) is 0 Å². The number of nitrogens with one attached hydrogen (secondary N) is 1. The van der Waals surface area contributed by atoms with Crippen LogP contribution in [-0.4, -0.2) is 51.9 Å². The smallest absolute Gasteiger partial charge is 0.222 e. The van der Waals surface area contributed by atoms with Gasteiger partial charge in [-0.2, -0.15) is 0 Å². The maximum Gasteiger partial charge on any atom is 0.222 e. The standard InChI is InChI=1S/C14H24N4O/c1-11(2)18-9-12(4-5-14(18)19)8-17(3)10-13-15-6-7-16-13/h6-7,11-12H,4-5,8-10H2,1-3H3,(H,15,16). The Labute approximate surface area is 115 Å². The summed E-state index contributed by atoms with van der Waals surface area (Å²) in [5, 5.41) is 0. The minimum absolute atomic E-state index is 0.305. The molecule has 1 fully saturated rings. The van der Waals surface area contributed by atoms with Crippen LogP contribution in [0.15, 0.2) is 12.4 Å². The van der Waals surface area contributed by atoms with Crippen LogP contribution in [0.3, 0.4) is 0 Å². The average molecular weight is 264 g/mol. The highest BCUT2D eigenvalue weighted by Crippen LogP contribution is 2.20. The van der Waals surface area contributed by atoms with Crippen LogP contribution < -0.4 is 0 Å². The number of carbonyl (C=O) groups is 1. The van der Waals surface area contributed by atoms with Gasteiger partial charge in [0.1, 0.15) is 5.82 Å². The van der Waals surface area contributed by atoms with Gasteiger partial charge in [-0.15, -0.1) is 0 Å². The number of aromatic nitrogens is 2. The number of rotatable bonds is 5. The second kappa shape index (κ2) is 6.19. The highest BCUT2D eigenvalue weighted by Gasteiger charge is 2.27. The second-order valence-electron chi connectivity index (χ2n) is 5.78. The van der Waals surface area contributed by atoms with Crippen molar-refractivity contribution in [3.05, 3.63) is 18.2 Å². The van der Waals surface area contributed by atoms with Crippen LogP contribution >= 0.6 is 0 Å². The summed E-state index contributed by atoms with van der Waals surface area (Å²) in [5.41, 5.74) is 0. The number of amides is 1. The van der Waals surface area contributed by atoms with E-state index in [9.17, 15) is 4.79 Å². The van der Waals surface area contributed by atoms with Gasteiger partial charge in [0.2, 0.25) is 5.91 Å². The topological polar surface area (TPSA) is 52.2 Å². The van der Waals surface area contributed by atoms with Crippen LogP contribution in [-0.2, 0) is 11.3 Å². The zero-order valence-electron chi connectivity index (χ0n) is 12.1. The lowest BCUT2D eigenvalue weighted by Crippen LogP contribution is -2.46. The van der Waals surface area contributed by atoms with Crippen LogP contribution in [0.25, 0.3) is 0 Å². The summed E-state index contributed by atoms with van der Waals surface area (Å²) < 4.78 is 0. The van der Waals surface area contributed by atoms with E-state index in [2.05, 4.69) is 35.8 Å². The van der Waals surface area contributed by atoms with Crippen molar-refractivity contribution in [3.8, 4) is 0 Å². The molecule has 0 radical (unpaired) electrons. The summed E-state index contributed by atoms with van der Waals surface area (Å²) in [6.07, 6.45) is 5.33. The molecule has 1 aliphatic rings. The molecule has 2 rings (SSSR count). The number of hydrogen-bond acceptors (Lipinski definition) is 3. The monoisotopic (exact) mass is 264 g/mol. The quantitative estimate of drug-likeness (QED) is 0.876. The molecule has 1 unspecified atom stereocenters. The van der Waals surface area contributed by atoms with Gasteiger partial charge in [0.15, 0.2) is 0 Å². The molecule has 19 heavy (non-hydrogen) atoms. The molecule has 0 spiro atoms. The van der Waals surface area contributed by atoms with Crippen molar-refractivity contribution in [1.29, 1.82) is 0 Å². The predicted octanol–water partition coefficient (Wildman–Crippen LogP) is 1.49. The molecule has 5 nitrogen and oxygen atoms in total. The predicted molar refractivity (Wildman–Crippen MR) is 74.5 cm³/mol. The molecule has 1 aliphatic heterocycles. The lowest BCUT2D eigenvalue weighted by molar-refractivity contribution is -0.136. The fourth-order valence-corrected chi connectivity index (χ4v) is 2.74. The SMILES string of the molecule is CC(C)N1CC(CN(C)Cc2ncc[nH]2)CCC1=O. The number of aromatic amines is 1. The first kappa shape index (κ1) is 14.1. The van der Waals surface area contributed by atoms with Crippen molar-refractivity contribution in [2.24, 2.45) is 5.92 Å². The van der Waals surface area contributed by atoms with Crippen LogP contribution in [0, 0.1) is 5.92 Å². The zero-order chi connectivity index (χ0) is 13.8. The molecule has 0 saturated carbocycles. The van der Waals surface area contributed by atoms with E-state index in [1.807, 2.05) is 11.1 Å². The molecule has 1 atom stereocenters. The molecule has 1 aromatic heterocycles. The first-order chi connectivity index (χ1) is 9.06. The number of likely N-dealkylation sites (tertiary alicyclic amines) is 1. The summed E-state index contributed by atoms with van der Waals surface area (Å²) in [6.45, 7) is 6.91. The largest absolute Gasteiger partial charge is 0.348 e. The Morgan fingerprint density at radius 2 is 2.37 bits per heavy atom. The van der Waals surface area contributed by atoms with E-state index in [4.69, 9.17) is 0 Å². The molecule has 1 amide bonds. The lowest BCUT2D eigenvalue weighted by atomic mass is 9.96. The zero-order valence-corrected chi connectivity index (χ0v) is 12.1. The third kappa shape index (κ3) is 3.80. The first-order valence-electron chi connectivity index (χ1n) is 7.02. The van der Waals surface area contributed by atoms with Crippen LogP contribution in [0.2, 0.25) is 0 Å². The van der Waals surface area contributed by atoms with Gasteiger partial charge >= 0.3 is 0 Å². The number of nitrogens with zero attached hydrogens (tertiary/aromatic N) is 3. The normalized spacial score (nSPS) is 20.6. The van der Waals surface area contributed by atoms with Crippen LogP contribution in [0.4, 0.5) is 0 Å². The minimum atomic E-state index is 0.305. The Balaban J connectivity index is 1.83. The molecule has 106 valence electrons. The average Bonchev–Trinajstić information content (AvgIpc) is 2.84.